The quantitative estimate of drug-likeness (QED) is 0.670. The first kappa shape index (κ1) is 13.5. The number of fused-ring (bicyclic) bond motifs is 1. The van der Waals surface area contributed by atoms with Crippen molar-refractivity contribution in [3.63, 3.8) is 0 Å². The largest absolute Gasteiger partial charge is 0.373 e. The molecule has 21 heavy (non-hydrogen) atoms. The third-order valence-corrected chi connectivity index (χ3v) is 3.75. The van der Waals surface area contributed by atoms with E-state index in [1.54, 1.807) is 0 Å². The third-order valence-electron chi connectivity index (χ3n) is 3.75. The lowest BCUT2D eigenvalue weighted by Gasteiger charge is -2.15. The van der Waals surface area contributed by atoms with Crippen LogP contribution in [0.3, 0.4) is 0 Å². The summed E-state index contributed by atoms with van der Waals surface area (Å²) in [6.45, 7) is 0. The summed E-state index contributed by atoms with van der Waals surface area (Å²) in [5.41, 5.74) is 8.13. The number of anilines is 1. The fourth-order valence-electron chi connectivity index (χ4n) is 2.78. The first-order valence-corrected chi connectivity index (χ1v) is 6.61. The van der Waals surface area contributed by atoms with Gasteiger partial charge < -0.3 is 11.1 Å². The van der Waals surface area contributed by atoms with Crippen LogP contribution in [0.5, 0.6) is 0 Å². The van der Waals surface area contributed by atoms with E-state index in [9.17, 15) is 14.5 Å². The Balaban J connectivity index is 1.95. The van der Waals surface area contributed by atoms with E-state index in [-0.39, 0.29) is 23.5 Å². The Bertz CT molecular complexity index is 705. The predicted molar refractivity (Wildman–Crippen MR) is 77.4 cm³/mol. The first-order chi connectivity index (χ1) is 10.1. The summed E-state index contributed by atoms with van der Waals surface area (Å²) in [5, 5.41) is 14.1. The smallest absolute Gasteiger partial charge is 0.292 e. The van der Waals surface area contributed by atoms with Crippen molar-refractivity contribution in [1.29, 1.82) is 0 Å². The van der Waals surface area contributed by atoms with Crippen LogP contribution in [0.15, 0.2) is 42.5 Å². The summed E-state index contributed by atoms with van der Waals surface area (Å²) in [7, 11) is 0. The van der Waals surface area contributed by atoms with Gasteiger partial charge in [-0.3, -0.25) is 10.1 Å². The van der Waals surface area contributed by atoms with E-state index in [1.165, 1.54) is 6.07 Å². The van der Waals surface area contributed by atoms with E-state index in [0.29, 0.717) is 6.42 Å². The lowest BCUT2D eigenvalue weighted by atomic mass is 10.1. The highest BCUT2D eigenvalue weighted by molar-refractivity contribution is 5.63. The van der Waals surface area contributed by atoms with Crippen molar-refractivity contribution in [3.05, 3.63) is 69.5 Å². The normalized spacial score (nSPS) is 20.1. The molecule has 0 spiro atoms. The van der Waals surface area contributed by atoms with Crippen LogP contribution in [0.2, 0.25) is 0 Å². The van der Waals surface area contributed by atoms with Gasteiger partial charge in [0.2, 0.25) is 0 Å². The van der Waals surface area contributed by atoms with Crippen LogP contribution in [0.4, 0.5) is 15.8 Å². The molecule has 108 valence electrons. The summed E-state index contributed by atoms with van der Waals surface area (Å²) < 4.78 is 13.4. The average molecular weight is 287 g/mol. The Hall–Kier alpha value is -2.47. The van der Waals surface area contributed by atoms with E-state index in [2.05, 4.69) is 5.32 Å². The van der Waals surface area contributed by atoms with Crippen LogP contribution in [0, 0.1) is 15.9 Å². The summed E-state index contributed by atoms with van der Waals surface area (Å²) >= 11 is 0. The predicted octanol–water partition coefficient (Wildman–Crippen LogP) is 3.29. The molecule has 2 atom stereocenters. The molecule has 0 bridgehead atoms. The van der Waals surface area contributed by atoms with E-state index in [1.807, 2.05) is 24.3 Å². The van der Waals surface area contributed by atoms with Gasteiger partial charge in [-0.15, -0.1) is 0 Å². The molecule has 2 aromatic rings. The van der Waals surface area contributed by atoms with Gasteiger partial charge in [0.25, 0.3) is 5.69 Å². The SMILES string of the molecule is NC1CC(Nc2cc(F)ccc2[N+](=O)[O-])c2ccccc21. The van der Waals surface area contributed by atoms with Gasteiger partial charge in [-0.1, -0.05) is 24.3 Å². The second kappa shape index (κ2) is 5.14. The number of nitrogens with one attached hydrogen (secondary N) is 1. The van der Waals surface area contributed by atoms with Crippen LogP contribution < -0.4 is 11.1 Å². The average Bonchev–Trinajstić information content (AvgIpc) is 2.76. The van der Waals surface area contributed by atoms with Crippen molar-refractivity contribution >= 4 is 11.4 Å². The number of nitrogens with zero attached hydrogens (tertiary/aromatic N) is 1. The Morgan fingerprint density at radius 1 is 1.24 bits per heavy atom. The van der Waals surface area contributed by atoms with E-state index < -0.39 is 10.7 Å². The molecule has 0 saturated carbocycles. The molecule has 5 nitrogen and oxygen atoms in total. The maximum absolute atomic E-state index is 13.4. The van der Waals surface area contributed by atoms with E-state index in [4.69, 9.17) is 5.73 Å². The molecule has 3 rings (SSSR count). The van der Waals surface area contributed by atoms with Gasteiger partial charge >= 0.3 is 0 Å². The van der Waals surface area contributed by atoms with E-state index >= 15 is 0 Å². The Labute approximate surface area is 120 Å². The molecule has 3 N–H and O–H groups in total. The van der Waals surface area contributed by atoms with Gasteiger partial charge in [0.15, 0.2) is 0 Å². The standard InChI is InChI=1S/C15H14FN3O2/c16-9-5-6-15(19(20)21)14(7-9)18-13-8-12(17)10-3-1-2-4-11(10)13/h1-7,12-13,18H,8,17H2. The third kappa shape index (κ3) is 2.45. The lowest BCUT2D eigenvalue weighted by molar-refractivity contribution is -0.384. The molecule has 0 saturated heterocycles. The number of hydrogen-bond donors (Lipinski definition) is 2. The van der Waals surface area contributed by atoms with Crippen molar-refractivity contribution in [2.45, 2.75) is 18.5 Å². The number of hydrogen-bond acceptors (Lipinski definition) is 4. The summed E-state index contributed by atoms with van der Waals surface area (Å²) in [5.74, 6) is -0.515. The molecule has 0 amide bonds. The summed E-state index contributed by atoms with van der Waals surface area (Å²) in [4.78, 5) is 10.5. The van der Waals surface area contributed by atoms with Crippen LogP contribution in [0.1, 0.15) is 29.6 Å². The molecule has 2 aromatic carbocycles. The second-order valence-corrected chi connectivity index (χ2v) is 5.09. The van der Waals surface area contributed by atoms with Crippen molar-refractivity contribution in [1.82, 2.24) is 0 Å². The molecule has 0 aromatic heterocycles. The van der Waals surface area contributed by atoms with Gasteiger partial charge in [-0.05, 0) is 23.6 Å². The molecular formula is C15H14FN3O2. The van der Waals surface area contributed by atoms with Crippen LogP contribution in [0.25, 0.3) is 0 Å². The maximum atomic E-state index is 13.4. The number of nitro benzene ring substituents is 1. The van der Waals surface area contributed by atoms with Gasteiger partial charge in [-0.25, -0.2) is 4.39 Å². The van der Waals surface area contributed by atoms with Crippen molar-refractivity contribution in [3.8, 4) is 0 Å². The monoisotopic (exact) mass is 287 g/mol. The Kier molecular flexibility index (Phi) is 3.31. The molecule has 2 unspecified atom stereocenters. The molecule has 0 radical (unpaired) electrons. The van der Waals surface area contributed by atoms with Crippen LogP contribution in [-0.2, 0) is 0 Å². The lowest BCUT2D eigenvalue weighted by Crippen LogP contribution is -2.11. The fourth-order valence-corrected chi connectivity index (χ4v) is 2.78. The molecule has 0 heterocycles. The van der Waals surface area contributed by atoms with Crippen LogP contribution in [-0.4, -0.2) is 4.92 Å². The summed E-state index contributed by atoms with van der Waals surface area (Å²) in [6, 6.07) is 10.8. The van der Waals surface area contributed by atoms with Gasteiger partial charge in [-0.2, -0.15) is 0 Å². The van der Waals surface area contributed by atoms with Crippen molar-refractivity contribution in [2.75, 3.05) is 5.32 Å². The minimum absolute atomic E-state index is 0.119. The summed E-state index contributed by atoms with van der Waals surface area (Å²) in [6.07, 6.45) is 0.618. The highest BCUT2D eigenvalue weighted by Crippen LogP contribution is 2.40. The Morgan fingerprint density at radius 3 is 2.67 bits per heavy atom. The highest BCUT2D eigenvalue weighted by atomic mass is 19.1. The molecule has 0 fully saturated rings. The number of halogens is 1. The zero-order valence-electron chi connectivity index (χ0n) is 11.1. The number of nitrogens with two attached hydrogens (primary N) is 1. The number of benzene rings is 2. The highest BCUT2D eigenvalue weighted by Gasteiger charge is 2.29. The Morgan fingerprint density at radius 2 is 1.95 bits per heavy atom. The minimum Gasteiger partial charge on any atom is -0.373 e. The zero-order valence-corrected chi connectivity index (χ0v) is 11.1. The first-order valence-electron chi connectivity index (χ1n) is 6.61. The van der Waals surface area contributed by atoms with E-state index in [0.717, 1.165) is 23.3 Å². The van der Waals surface area contributed by atoms with Crippen LogP contribution >= 0.6 is 0 Å². The van der Waals surface area contributed by atoms with Gasteiger partial charge in [0.05, 0.1) is 11.0 Å². The maximum Gasteiger partial charge on any atom is 0.292 e. The van der Waals surface area contributed by atoms with Gasteiger partial charge in [0.1, 0.15) is 11.5 Å². The van der Waals surface area contributed by atoms with Crippen molar-refractivity contribution in [2.24, 2.45) is 5.73 Å². The molecule has 1 aliphatic carbocycles. The fraction of sp³-hybridized carbons (Fsp3) is 0.200. The number of nitro groups is 1. The molecule has 6 heteroatoms. The minimum atomic E-state index is -0.525. The molecule has 1 aliphatic rings. The zero-order chi connectivity index (χ0) is 15.0. The molecular weight excluding hydrogens is 273 g/mol. The van der Waals surface area contributed by atoms with Crippen molar-refractivity contribution < 1.29 is 9.31 Å². The molecule has 0 aliphatic heterocycles. The van der Waals surface area contributed by atoms with Gasteiger partial charge in [0, 0.05) is 18.2 Å². The second-order valence-electron chi connectivity index (χ2n) is 5.09. The number of rotatable bonds is 3. The topological polar surface area (TPSA) is 81.2 Å².